The maximum absolute atomic E-state index is 12.3. The summed E-state index contributed by atoms with van der Waals surface area (Å²) < 4.78 is 31.0. The van der Waals surface area contributed by atoms with Crippen LogP contribution in [0.5, 0.6) is 0 Å². The molecular weight excluding hydrogens is 278 g/mol. The van der Waals surface area contributed by atoms with Crippen LogP contribution in [0.2, 0.25) is 0 Å². The molecule has 0 saturated carbocycles. The van der Waals surface area contributed by atoms with Crippen molar-refractivity contribution in [1.29, 1.82) is 0 Å². The molecule has 7 heteroatoms. The van der Waals surface area contributed by atoms with Gasteiger partial charge in [-0.1, -0.05) is 0 Å². The standard InChI is InChI=1S/C13H17N3O3S/c1-16(9-6-11-4-7-15-8-5-11)20(17,18)13-3-2-12(10-14)19-13/h2-5,7-8H,6,9-10,14H2,1H3. The highest BCUT2D eigenvalue weighted by Crippen LogP contribution is 2.17. The van der Waals surface area contributed by atoms with E-state index in [0.29, 0.717) is 18.7 Å². The Balaban J connectivity index is 2.05. The summed E-state index contributed by atoms with van der Waals surface area (Å²) in [6, 6.07) is 6.73. The second-order valence-corrected chi connectivity index (χ2v) is 6.33. The van der Waals surface area contributed by atoms with Crippen molar-refractivity contribution in [3.05, 3.63) is 48.0 Å². The van der Waals surface area contributed by atoms with Crippen LogP contribution in [0.4, 0.5) is 0 Å². The molecule has 0 atom stereocenters. The van der Waals surface area contributed by atoms with Crippen LogP contribution < -0.4 is 5.73 Å². The van der Waals surface area contributed by atoms with E-state index < -0.39 is 10.0 Å². The van der Waals surface area contributed by atoms with Crippen LogP contribution in [-0.4, -0.2) is 31.3 Å². The Morgan fingerprint density at radius 3 is 2.55 bits per heavy atom. The van der Waals surface area contributed by atoms with E-state index in [2.05, 4.69) is 4.98 Å². The monoisotopic (exact) mass is 295 g/mol. The minimum absolute atomic E-state index is 0.0739. The van der Waals surface area contributed by atoms with E-state index in [1.165, 1.54) is 17.4 Å². The molecule has 0 radical (unpaired) electrons. The molecule has 0 spiro atoms. The van der Waals surface area contributed by atoms with Gasteiger partial charge >= 0.3 is 0 Å². The Hall–Kier alpha value is -1.70. The number of rotatable bonds is 6. The van der Waals surface area contributed by atoms with Gasteiger partial charge in [-0.2, -0.15) is 4.31 Å². The first kappa shape index (κ1) is 14.7. The van der Waals surface area contributed by atoms with Crippen LogP contribution in [0, 0.1) is 0 Å². The minimum Gasteiger partial charge on any atom is -0.447 e. The number of pyridine rings is 1. The van der Waals surface area contributed by atoms with Crippen molar-refractivity contribution in [3.8, 4) is 0 Å². The maximum Gasteiger partial charge on any atom is 0.276 e. The summed E-state index contributed by atoms with van der Waals surface area (Å²) >= 11 is 0. The molecule has 6 nitrogen and oxygen atoms in total. The lowest BCUT2D eigenvalue weighted by atomic mass is 10.2. The van der Waals surface area contributed by atoms with E-state index in [4.69, 9.17) is 10.2 Å². The molecule has 0 saturated heterocycles. The van der Waals surface area contributed by atoms with Gasteiger partial charge in [0.25, 0.3) is 10.0 Å². The zero-order chi connectivity index (χ0) is 14.6. The van der Waals surface area contributed by atoms with Gasteiger partial charge in [0.15, 0.2) is 0 Å². The highest BCUT2D eigenvalue weighted by Gasteiger charge is 2.24. The van der Waals surface area contributed by atoms with Gasteiger partial charge in [-0.25, -0.2) is 8.42 Å². The molecule has 20 heavy (non-hydrogen) atoms. The van der Waals surface area contributed by atoms with Crippen LogP contribution >= 0.6 is 0 Å². The van der Waals surface area contributed by atoms with Crippen LogP contribution in [0.15, 0.2) is 46.2 Å². The molecule has 2 aromatic rings. The molecule has 0 aliphatic heterocycles. The zero-order valence-corrected chi connectivity index (χ0v) is 12.0. The van der Waals surface area contributed by atoms with E-state index in [0.717, 1.165) is 5.56 Å². The number of aromatic nitrogens is 1. The zero-order valence-electron chi connectivity index (χ0n) is 11.2. The molecular formula is C13H17N3O3S. The third kappa shape index (κ3) is 3.24. The van der Waals surface area contributed by atoms with E-state index in [9.17, 15) is 8.42 Å². The topological polar surface area (TPSA) is 89.4 Å². The first-order chi connectivity index (χ1) is 9.54. The van der Waals surface area contributed by atoms with Gasteiger partial charge < -0.3 is 10.2 Å². The highest BCUT2D eigenvalue weighted by atomic mass is 32.2. The fourth-order valence-corrected chi connectivity index (χ4v) is 2.81. The lowest BCUT2D eigenvalue weighted by Gasteiger charge is -2.15. The minimum atomic E-state index is -3.60. The summed E-state index contributed by atoms with van der Waals surface area (Å²) in [6.45, 7) is 0.543. The van der Waals surface area contributed by atoms with Gasteiger partial charge in [0.1, 0.15) is 5.76 Å². The molecule has 0 bridgehead atoms. The quantitative estimate of drug-likeness (QED) is 0.858. The van der Waals surface area contributed by atoms with Crippen LogP contribution in [0.1, 0.15) is 11.3 Å². The molecule has 0 fully saturated rings. The number of nitrogens with zero attached hydrogens (tertiary/aromatic N) is 2. The number of furan rings is 1. The summed E-state index contributed by atoms with van der Waals surface area (Å²) in [4.78, 5) is 3.92. The molecule has 108 valence electrons. The van der Waals surface area contributed by atoms with Crippen molar-refractivity contribution >= 4 is 10.0 Å². The molecule has 0 aliphatic rings. The van der Waals surface area contributed by atoms with E-state index in [1.807, 2.05) is 12.1 Å². The lowest BCUT2D eigenvalue weighted by molar-refractivity contribution is 0.389. The van der Waals surface area contributed by atoms with Crippen molar-refractivity contribution in [1.82, 2.24) is 9.29 Å². The average molecular weight is 295 g/mol. The number of hydrogen-bond acceptors (Lipinski definition) is 5. The summed E-state index contributed by atoms with van der Waals surface area (Å²) in [5.74, 6) is 0.450. The Morgan fingerprint density at radius 2 is 1.95 bits per heavy atom. The molecule has 2 heterocycles. The van der Waals surface area contributed by atoms with Gasteiger partial charge in [-0.3, -0.25) is 4.98 Å². The van der Waals surface area contributed by atoms with Gasteiger partial charge in [0.2, 0.25) is 5.09 Å². The Bertz CT molecular complexity index is 653. The van der Waals surface area contributed by atoms with E-state index in [1.54, 1.807) is 18.5 Å². The highest BCUT2D eigenvalue weighted by molar-refractivity contribution is 7.89. The number of hydrogen-bond donors (Lipinski definition) is 1. The summed E-state index contributed by atoms with van der Waals surface area (Å²) in [5.41, 5.74) is 6.44. The third-order valence-electron chi connectivity index (χ3n) is 2.97. The number of sulfonamides is 1. The van der Waals surface area contributed by atoms with Crippen LogP contribution in [-0.2, 0) is 23.0 Å². The van der Waals surface area contributed by atoms with Gasteiger partial charge in [0, 0.05) is 26.0 Å². The average Bonchev–Trinajstić information content (AvgIpc) is 2.95. The molecule has 2 rings (SSSR count). The van der Waals surface area contributed by atoms with Crippen molar-refractivity contribution in [2.24, 2.45) is 5.73 Å². The SMILES string of the molecule is CN(CCc1ccncc1)S(=O)(=O)c1ccc(CN)o1. The van der Waals surface area contributed by atoms with Crippen molar-refractivity contribution < 1.29 is 12.8 Å². The molecule has 0 unspecified atom stereocenters. The number of likely N-dealkylation sites (N-methyl/N-ethyl adjacent to an activating group) is 1. The maximum atomic E-state index is 12.3. The predicted molar refractivity (Wildman–Crippen MR) is 74.4 cm³/mol. The van der Waals surface area contributed by atoms with E-state index >= 15 is 0 Å². The smallest absolute Gasteiger partial charge is 0.276 e. The van der Waals surface area contributed by atoms with Crippen molar-refractivity contribution in [2.45, 2.75) is 18.1 Å². The summed E-state index contributed by atoms with van der Waals surface area (Å²) in [5, 5.41) is -0.0739. The second-order valence-electron chi connectivity index (χ2n) is 4.36. The third-order valence-corrected chi connectivity index (χ3v) is 4.70. The molecule has 0 aromatic carbocycles. The number of nitrogens with two attached hydrogens (primary N) is 1. The van der Waals surface area contributed by atoms with Crippen LogP contribution in [0.3, 0.4) is 0 Å². The van der Waals surface area contributed by atoms with E-state index in [-0.39, 0.29) is 11.6 Å². The molecule has 0 aliphatic carbocycles. The Kier molecular flexibility index (Phi) is 4.53. The first-order valence-electron chi connectivity index (χ1n) is 6.18. The lowest BCUT2D eigenvalue weighted by Crippen LogP contribution is -2.28. The second kappa shape index (κ2) is 6.17. The summed E-state index contributed by atoms with van der Waals surface area (Å²) in [6.07, 6.45) is 3.98. The van der Waals surface area contributed by atoms with Crippen molar-refractivity contribution in [3.63, 3.8) is 0 Å². The molecule has 2 aromatic heterocycles. The van der Waals surface area contributed by atoms with Gasteiger partial charge in [-0.05, 0) is 36.2 Å². The fraction of sp³-hybridized carbons (Fsp3) is 0.308. The van der Waals surface area contributed by atoms with Crippen molar-refractivity contribution in [2.75, 3.05) is 13.6 Å². The van der Waals surface area contributed by atoms with Gasteiger partial charge in [0.05, 0.1) is 6.54 Å². The fourth-order valence-electron chi connectivity index (χ4n) is 1.72. The van der Waals surface area contributed by atoms with Gasteiger partial charge in [-0.15, -0.1) is 0 Å². The Labute approximate surface area is 118 Å². The largest absolute Gasteiger partial charge is 0.447 e. The Morgan fingerprint density at radius 1 is 1.25 bits per heavy atom. The molecule has 2 N–H and O–H groups in total. The normalized spacial score (nSPS) is 11.9. The predicted octanol–water partition coefficient (Wildman–Crippen LogP) is 0.996. The van der Waals surface area contributed by atoms with Crippen LogP contribution in [0.25, 0.3) is 0 Å². The summed E-state index contributed by atoms with van der Waals surface area (Å²) in [7, 11) is -2.07. The first-order valence-corrected chi connectivity index (χ1v) is 7.62. The molecule has 0 amide bonds.